The number of carboxylic acid groups (broad SMARTS) is 1. The van der Waals surface area contributed by atoms with Crippen LogP contribution in [0.4, 0.5) is 0 Å². The summed E-state index contributed by atoms with van der Waals surface area (Å²) < 4.78 is 0. The predicted octanol–water partition coefficient (Wildman–Crippen LogP) is 1.57. The van der Waals surface area contributed by atoms with Gasteiger partial charge in [-0.2, -0.15) is 0 Å². The first-order valence-corrected chi connectivity index (χ1v) is 6.87. The van der Waals surface area contributed by atoms with Crippen LogP contribution in [0.1, 0.15) is 31.0 Å². The Morgan fingerprint density at radius 1 is 1.44 bits per heavy atom. The molecule has 1 rings (SSSR count). The monoisotopic (exact) mass is 270 g/mol. The number of hydrogen-bond donors (Lipinski definition) is 1. The fourth-order valence-corrected chi connectivity index (χ4v) is 2.29. The molecule has 1 N–H and O–H groups in total. The quantitative estimate of drug-likeness (QED) is 0.816. The number of aliphatic carboxylic acids is 1. The number of amides is 1. The van der Waals surface area contributed by atoms with Crippen molar-refractivity contribution in [3.05, 3.63) is 16.1 Å². The molecule has 0 atom stereocenters. The minimum Gasteiger partial charge on any atom is -0.481 e. The lowest BCUT2D eigenvalue weighted by atomic mass is 10.2. The maximum absolute atomic E-state index is 12.0. The maximum Gasteiger partial charge on any atom is 0.305 e. The zero-order chi connectivity index (χ0) is 13.5. The fraction of sp³-hybridized carbons (Fsp3) is 0.583. The second kappa shape index (κ2) is 7.10. The Balaban J connectivity index is 2.53. The van der Waals surface area contributed by atoms with E-state index in [0.29, 0.717) is 6.54 Å². The van der Waals surface area contributed by atoms with Gasteiger partial charge in [-0.1, -0.05) is 6.92 Å². The average molecular weight is 270 g/mol. The van der Waals surface area contributed by atoms with Crippen LogP contribution < -0.4 is 0 Å². The van der Waals surface area contributed by atoms with E-state index in [2.05, 4.69) is 4.98 Å². The maximum atomic E-state index is 12.0. The SMILES string of the molecule is CCc1nc(CC(=O)N(CC)CCC(=O)O)cs1. The molecule has 18 heavy (non-hydrogen) atoms. The molecule has 1 aromatic rings. The molecule has 5 nitrogen and oxygen atoms in total. The van der Waals surface area contributed by atoms with Crippen LogP contribution in [-0.4, -0.2) is 40.0 Å². The first-order valence-electron chi connectivity index (χ1n) is 5.99. The van der Waals surface area contributed by atoms with Crippen molar-refractivity contribution in [1.29, 1.82) is 0 Å². The van der Waals surface area contributed by atoms with Gasteiger partial charge in [0.1, 0.15) is 0 Å². The zero-order valence-electron chi connectivity index (χ0n) is 10.7. The fourth-order valence-electron chi connectivity index (χ4n) is 1.55. The number of aromatic nitrogens is 1. The Hall–Kier alpha value is -1.43. The van der Waals surface area contributed by atoms with Gasteiger partial charge in [-0.3, -0.25) is 9.59 Å². The van der Waals surface area contributed by atoms with Crippen molar-refractivity contribution < 1.29 is 14.7 Å². The van der Waals surface area contributed by atoms with E-state index in [1.165, 1.54) is 0 Å². The second-order valence-electron chi connectivity index (χ2n) is 3.88. The summed E-state index contributed by atoms with van der Waals surface area (Å²) in [6.07, 6.45) is 1.11. The average Bonchev–Trinajstić information content (AvgIpc) is 2.77. The summed E-state index contributed by atoms with van der Waals surface area (Å²) >= 11 is 1.55. The largest absolute Gasteiger partial charge is 0.481 e. The molecule has 1 heterocycles. The highest BCUT2D eigenvalue weighted by Crippen LogP contribution is 2.11. The number of carboxylic acids is 1. The summed E-state index contributed by atoms with van der Waals surface area (Å²) in [6.45, 7) is 4.65. The number of carbonyl (C=O) groups is 2. The highest BCUT2D eigenvalue weighted by atomic mass is 32.1. The lowest BCUT2D eigenvalue weighted by Gasteiger charge is -2.19. The molecule has 0 saturated heterocycles. The summed E-state index contributed by atoms with van der Waals surface area (Å²) in [5, 5.41) is 11.5. The van der Waals surface area contributed by atoms with Gasteiger partial charge in [0.15, 0.2) is 0 Å². The molecule has 6 heteroatoms. The number of thiazole rings is 1. The predicted molar refractivity (Wildman–Crippen MR) is 69.7 cm³/mol. The van der Waals surface area contributed by atoms with E-state index in [1.54, 1.807) is 16.2 Å². The molecule has 0 unspecified atom stereocenters. The molecule has 0 aliphatic rings. The number of nitrogens with zero attached hydrogens (tertiary/aromatic N) is 2. The van der Waals surface area contributed by atoms with E-state index < -0.39 is 5.97 Å². The van der Waals surface area contributed by atoms with E-state index in [-0.39, 0.29) is 25.3 Å². The first kappa shape index (κ1) is 14.6. The minimum absolute atomic E-state index is 0.0170. The summed E-state index contributed by atoms with van der Waals surface area (Å²) in [5.74, 6) is -0.949. The number of rotatable bonds is 7. The number of aryl methyl sites for hydroxylation is 1. The number of hydrogen-bond acceptors (Lipinski definition) is 4. The van der Waals surface area contributed by atoms with Crippen LogP contribution >= 0.6 is 11.3 Å². The molecular formula is C12H18N2O3S. The molecule has 0 bridgehead atoms. The van der Waals surface area contributed by atoms with Crippen molar-refractivity contribution in [2.24, 2.45) is 0 Å². The molecule has 0 aliphatic heterocycles. The van der Waals surface area contributed by atoms with E-state index in [1.807, 2.05) is 19.2 Å². The van der Waals surface area contributed by atoms with Gasteiger partial charge < -0.3 is 10.0 Å². The van der Waals surface area contributed by atoms with Crippen LogP contribution in [0, 0.1) is 0 Å². The van der Waals surface area contributed by atoms with Gasteiger partial charge in [-0.15, -0.1) is 11.3 Å². The lowest BCUT2D eigenvalue weighted by molar-refractivity contribution is -0.138. The van der Waals surface area contributed by atoms with E-state index in [9.17, 15) is 9.59 Å². The Morgan fingerprint density at radius 3 is 2.67 bits per heavy atom. The Labute approximate surface area is 110 Å². The van der Waals surface area contributed by atoms with Crippen molar-refractivity contribution in [1.82, 2.24) is 9.88 Å². The molecule has 0 aliphatic carbocycles. The van der Waals surface area contributed by atoms with Crippen LogP contribution in [0.25, 0.3) is 0 Å². The smallest absolute Gasteiger partial charge is 0.305 e. The van der Waals surface area contributed by atoms with Gasteiger partial charge in [0, 0.05) is 18.5 Å². The molecule has 0 spiro atoms. The Morgan fingerprint density at radius 2 is 2.17 bits per heavy atom. The van der Waals surface area contributed by atoms with Gasteiger partial charge in [0.25, 0.3) is 0 Å². The zero-order valence-corrected chi connectivity index (χ0v) is 11.5. The topological polar surface area (TPSA) is 70.5 Å². The van der Waals surface area contributed by atoms with Crippen molar-refractivity contribution in [2.45, 2.75) is 33.1 Å². The first-order chi connectivity index (χ1) is 8.56. The minimum atomic E-state index is -0.886. The molecule has 0 radical (unpaired) electrons. The van der Waals surface area contributed by atoms with E-state index in [4.69, 9.17) is 5.11 Å². The molecule has 0 saturated carbocycles. The molecule has 0 aromatic carbocycles. The van der Waals surface area contributed by atoms with Gasteiger partial charge >= 0.3 is 5.97 Å². The van der Waals surface area contributed by atoms with Crippen molar-refractivity contribution in [3.63, 3.8) is 0 Å². The van der Waals surface area contributed by atoms with E-state index >= 15 is 0 Å². The molecule has 100 valence electrons. The van der Waals surface area contributed by atoms with E-state index in [0.717, 1.165) is 17.1 Å². The molecular weight excluding hydrogens is 252 g/mol. The van der Waals surface area contributed by atoms with Gasteiger partial charge in [0.05, 0.1) is 23.5 Å². The number of carbonyl (C=O) groups excluding carboxylic acids is 1. The summed E-state index contributed by atoms with van der Waals surface area (Å²) in [5.41, 5.74) is 0.774. The Bertz CT molecular complexity index is 417. The molecule has 0 fully saturated rings. The summed E-state index contributed by atoms with van der Waals surface area (Å²) in [7, 11) is 0. The number of likely N-dealkylation sites (N-methyl/N-ethyl adjacent to an activating group) is 1. The second-order valence-corrected chi connectivity index (χ2v) is 4.82. The van der Waals surface area contributed by atoms with Crippen LogP contribution in [0.2, 0.25) is 0 Å². The molecule has 1 amide bonds. The highest BCUT2D eigenvalue weighted by molar-refractivity contribution is 7.09. The third kappa shape index (κ3) is 4.44. The molecule has 1 aromatic heterocycles. The summed E-state index contributed by atoms with van der Waals surface area (Å²) in [6, 6.07) is 0. The van der Waals surface area contributed by atoms with Crippen LogP contribution in [0.3, 0.4) is 0 Å². The Kier molecular flexibility index (Phi) is 5.77. The van der Waals surface area contributed by atoms with Crippen molar-refractivity contribution in [2.75, 3.05) is 13.1 Å². The van der Waals surface area contributed by atoms with Crippen molar-refractivity contribution >= 4 is 23.2 Å². The highest BCUT2D eigenvalue weighted by Gasteiger charge is 2.15. The van der Waals surface area contributed by atoms with Crippen LogP contribution in [0.5, 0.6) is 0 Å². The summed E-state index contributed by atoms with van der Waals surface area (Å²) in [4.78, 5) is 28.3. The van der Waals surface area contributed by atoms with Gasteiger partial charge in [0.2, 0.25) is 5.91 Å². The van der Waals surface area contributed by atoms with Gasteiger partial charge in [-0.05, 0) is 13.3 Å². The third-order valence-electron chi connectivity index (χ3n) is 2.56. The standard InChI is InChI=1S/C12H18N2O3S/c1-3-10-13-9(8-18-10)7-11(15)14(4-2)6-5-12(16)17/h8H,3-7H2,1-2H3,(H,16,17). The van der Waals surface area contributed by atoms with Crippen molar-refractivity contribution in [3.8, 4) is 0 Å². The van der Waals surface area contributed by atoms with Crippen LogP contribution in [0.15, 0.2) is 5.38 Å². The lowest BCUT2D eigenvalue weighted by Crippen LogP contribution is -2.34. The third-order valence-corrected chi connectivity index (χ3v) is 3.61. The van der Waals surface area contributed by atoms with Gasteiger partial charge in [-0.25, -0.2) is 4.98 Å². The normalized spacial score (nSPS) is 10.3. The van der Waals surface area contributed by atoms with Crippen LogP contribution in [-0.2, 0) is 22.4 Å².